The van der Waals surface area contributed by atoms with Crippen LogP contribution in [0.25, 0.3) is 21.0 Å². The molecule has 0 saturated carbocycles. The average molecular weight is 499 g/mol. The summed E-state index contributed by atoms with van der Waals surface area (Å²) >= 11 is 7.48. The van der Waals surface area contributed by atoms with Crippen molar-refractivity contribution in [3.8, 4) is 11.5 Å². The normalized spacial score (nSPS) is 11.6. The molecule has 2 aromatic heterocycles. The zero-order valence-electron chi connectivity index (χ0n) is 17.2. The van der Waals surface area contributed by atoms with E-state index >= 15 is 0 Å². The van der Waals surface area contributed by atoms with E-state index in [0.29, 0.717) is 20.9 Å². The Balaban J connectivity index is 1.58. The standard InChI is InChI=1S/C25H14ClF3N2O2S/c26-21-11-14-5-3-10-19(23(14)34-21)31-24(32)22-17-8-1-2-9-18(17)30-13-20(22)33-16-7-4-6-15(12-16)25(27,28)29/h1-13H,(H,31,32). The molecule has 0 fully saturated rings. The molecule has 9 heteroatoms. The highest BCUT2D eigenvalue weighted by molar-refractivity contribution is 7.23. The highest BCUT2D eigenvalue weighted by Gasteiger charge is 2.31. The number of hydrogen-bond donors (Lipinski definition) is 1. The number of carbonyl (C=O) groups excluding carboxylic acids is 1. The third-order valence-electron chi connectivity index (χ3n) is 5.12. The molecule has 0 radical (unpaired) electrons. The molecule has 34 heavy (non-hydrogen) atoms. The monoisotopic (exact) mass is 498 g/mol. The van der Waals surface area contributed by atoms with E-state index in [2.05, 4.69) is 10.3 Å². The van der Waals surface area contributed by atoms with Crippen molar-refractivity contribution in [3.05, 3.63) is 94.5 Å². The zero-order valence-corrected chi connectivity index (χ0v) is 18.8. The van der Waals surface area contributed by atoms with E-state index in [1.54, 1.807) is 42.5 Å². The van der Waals surface area contributed by atoms with Gasteiger partial charge in [-0.1, -0.05) is 48.0 Å². The van der Waals surface area contributed by atoms with Crippen molar-refractivity contribution >= 4 is 55.5 Å². The van der Waals surface area contributed by atoms with E-state index in [9.17, 15) is 18.0 Å². The van der Waals surface area contributed by atoms with Crippen LogP contribution in [0.4, 0.5) is 18.9 Å². The minimum absolute atomic E-state index is 0.0342. The predicted molar refractivity (Wildman–Crippen MR) is 128 cm³/mol. The number of benzene rings is 3. The van der Waals surface area contributed by atoms with Crippen molar-refractivity contribution in [1.82, 2.24) is 4.98 Å². The van der Waals surface area contributed by atoms with E-state index < -0.39 is 17.6 Å². The molecule has 0 saturated heterocycles. The molecule has 4 nitrogen and oxygen atoms in total. The second-order valence-corrected chi connectivity index (χ2v) is 9.05. The highest BCUT2D eigenvalue weighted by Crippen LogP contribution is 2.37. The molecular formula is C25H14ClF3N2O2S. The third kappa shape index (κ3) is 4.30. The molecule has 0 unspecified atom stereocenters. The van der Waals surface area contributed by atoms with Crippen LogP contribution in [0.5, 0.6) is 11.5 Å². The number of ether oxygens (including phenoxy) is 1. The summed E-state index contributed by atoms with van der Waals surface area (Å²) < 4.78 is 46.6. The van der Waals surface area contributed by atoms with E-state index in [0.717, 1.165) is 22.2 Å². The third-order valence-corrected chi connectivity index (χ3v) is 6.43. The fourth-order valence-electron chi connectivity index (χ4n) is 3.61. The number of alkyl halides is 3. The minimum Gasteiger partial charge on any atom is -0.455 e. The van der Waals surface area contributed by atoms with Crippen LogP contribution in [0, 0.1) is 0 Å². The van der Waals surface area contributed by atoms with Gasteiger partial charge in [0.05, 0.1) is 37.6 Å². The molecule has 1 amide bonds. The molecule has 0 aliphatic heterocycles. The van der Waals surface area contributed by atoms with Crippen molar-refractivity contribution in [1.29, 1.82) is 0 Å². The van der Waals surface area contributed by atoms with Crippen molar-refractivity contribution in [2.75, 3.05) is 5.32 Å². The lowest BCUT2D eigenvalue weighted by molar-refractivity contribution is -0.137. The Labute approximate surface area is 200 Å². The second kappa shape index (κ2) is 8.62. The van der Waals surface area contributed by atoms with Gasteiger partial charge in [0.15, 0.2) is 5.75 Å². The van der Waals surface area contributed by atoms with Crippen molar-refractivity contribution in [3.63, 3.8) is 0 Å². The Hall–Kier alpha value is -3.62. The van der Waals surface area contributed by atoms with Crippen LogP contribution in [0.1, 0.15) is 15.9 Å². The minimum atomic E-state index is -4.53. The number of aromatic nitrogens is 1. The summed E-state index contributed by atoms with van der Waals surface area (Å²) in [5.74, 6) is -0.516. The first-order valence-electron chi connectivity index (χ1n) is 10.0. The van der Waals surface area contributed by atoms with Gasteiger partial charge in [0.25, 0.3) is 5.91 Å². The number of para-hydroxylation sites is 1. The maximum Gasteiger partial charge on any atom is 0.416 e. The number of pyridine rings is 1. The quantitative estimate of drug-likeness (QED) is 0.272. The molecule has 0 spiro atoms. The van der Waals surface area contributed by atoms with Gasteiger partial charge in [-0.25, -0.2) is 0 Å². The zero-order chi connectivity index (χ0) is 23.9. The topological polar surface area (TPSA) is 51.2 Å². The number of fused-ring (bicyclic) bond motifs is 2. The van der Waals surface area contributed by atoms with Gasteiger partial charge in [-0.05, 0) is 41.8 Å². The fraction of sp³-hybridized carbons (Fsp3) is 0.0400. The number of halogens is 4. The molecule has 0 bridgehead atoms. The highest BCUT2D eigenvalue weighted by atomic mass is 35.5. The van der Waals surface area contributed by atoms with Crippen LogP contribution in [0.3, 0.4) is 0 Å². The largest absolute Gasteiger partial charge is 0.455 e. The Morgan fingerprint density at radius 2 is 1.79 bits per heavy atom. The average Bonchev–Trinajstić information content (AvgIpc) is 3.20. The van der Waals surface area contributed by atoms with Gasteiger partial charge in [0.1, 0.15) is 5.75 Å². The summed E-state index contributed by atoms with van der Waals surface area (Å²) in [5.41, 5.74) is 0.403. The summed E-state index contributed by atoms with van der Waals surface area (Å²) in [6.45, 7) is 0. The van der Waals surface area contributed by atoms with E-state index in [-0.39, 0.29) is 17.1 Å². The van der Waals surface area contributed by atoms with Crippen LogP contribution in [0.2, 0.25) is 4.34 Å². The first-order chi connectivity index (χ1) is 16.3. The summed E-state index contributed by atoms with van der Waals surface area (Å²) in [6, 6.07) is 18.7. The van der Waals surface area contributed by atoms with Crippen LogP contribution >= 0.6 is 22.9 Å². The molecule has 1 N–H and O–H groups in total. The smallest absolute Gasteiger partial charge is 0.416 e. The summed E-state index contributed by atoms with van der Waals surface area (Å²) in [4.78, 5) is 17.8. The van der Waals surface area contributed by atoms with Gasteiger partial charge in [-0.15, -0.1) is 11.3 Å². The van der Waals surface area contributed by atoms with Gasteiger partial charge in [-0.3, -0.25) is 9.78 Å². The first kappa shape index (κ1) is 22.2. The van der Waals surface area contributed by atoms with Crippen LogP contribution in [-0.2, 0) is 6.18 Å². The van der Waals surface area contributed by atoms with E-state index in [4.69, 9.17) is 16.3 Å². The molecule has 3 aromatic carbocycles. The van der Waals surface area contributed by atoms with E-state index in [1.165, 1.54) is 29.7 Å². The first-order valence-corrected chi connectivity index (χ1v) is 11.2. The SMILES string of the molecule is O=C(Nc1cccc2cc(Cl)sc12)c1c(Oc2cccc(C(F)(F)F)c2)cnc2ccccc12. The molecule has 0 aliphatic carbocycles. The summed E-state index contributed by atoms with van der Waals surface area (Å²) in [7, 11) is 0. The van der Waals surface area contributed by atoms with Crippen LogP contribution in [-0.4, -0.2) is 10.9 Å². The molecule has 0 atom stereocenters. The maximum atomic E-state index is 13.5. The second-order valence-electron chi connectivity index (χ2n) is 7.37. The number of nitrogens with one attached hydrogen (secondary N) is 1. The predicted octanol–water partition coefficient (Wildman–Crippen LogP) is 8.17. The van der Waals surface area contributed by atoms with Gasteiger partial charge < -0.3 is 10.1 Å². The van der Waals surface area contributed by atoms with Gasteiger partial charge >= 0.3 is 6.18 Å². The summed E-state index contributed by atoms with van der Waals surface area (Å²) in [5, 5.41) is 4.28. The van der Waals surface area contributed by atoms with Gasteiger partial charge in [-0.2, -0.15) is 13.2 Å². The van der Waals surface area contributed by atoms with Gasteiger partial charge in [0.2, 0.25) is 0 Å². The number of carbonyl (C=O) groups is 1. The van der Waals surface area contributed by atoms with Crippen molar-refractivity contribution in [2.45, 2.75) is 6.18 Å². The van der Waals surface area contributed by atoms with E-state index in [1.807, 2.05) is 6.07 Å². The molecule has 2 heterocycles. The Bertz CT molecular complexity index is 1550. The van der Waals surface area contributed by atoms with Gasteiger partial charge in [0, 0.05) is 5.39 Å². The van der Waals surface area contributed by atoms with Crippen LogP contribution in [0.15, 0.2) is 79.0 Å². The molecule has 0 aliphatic rings. The maximum absolute atomic E-state index is 13.5. The Morgan fingerprint density at radius 3 is 2.62 bits per heavy atom. The molecule has 5 rings (SSSR count). The number of thiophene rings is 1. The number of amides is 1. The van der Waals surface area contributed by atoms with Crippen molar-refractivity contribution in [2.24, 2.45) is 0 Å². The Morgan fingerprint density at radius 1 is 1.00 bits per heavy atom. The fourth-order valence-corrected chi connectivity index (χ4v) is 4.82. The summed E-state index contributed by atoms with van der Waals surface area (Å²) in [6.07, 6.45) is -3.19. The lowest BCUT2D eigenvalue weighted by Crippen LogP contribution is -2.14. The van der Waals surface area contributed by atoms with Crippen molar-refractivity contribution < 1.29 is 22.7 Å². The molecule has 170 valence electrons. The number of nitrogens with zero attached hydrogens (tertiary/aromatic N) is 1. The number of rotatable bonds is 4. The number of anilines is 1. The molecular weight excluding hydrogens is 485 g/mol. The number of hydrogen-bond acceptors (Lipinski definition) is 4. The Kier molecular flexibility index (Phi) is 5.63. The molecule has 5 aromatic rings. The lowest BCUT2D eigenvalue weighted by atomic mass is 10.1. The van der Waals surface area contributed by atoms with Crippen LogP contribution < -0.4 is 10.1 Å². The lowest BCUT2D eigenvalue weighted by Gasteiger charge is -2.15.